The Morgan fingerprint density at radius 1 is 1.07 bits per heavy atom. The molecule has 2 fully saturated rings. The molecule has 1 aliphatic heterocycles. The van der Waals surface area contributed by atoms with Gasteiger partial charge in [0.1, 0.15) is 5.15 Å². The zero-order valence-electron chi connectivity index (χ0n) is 17.4. The molecule has 7 heteroatoms. The molecule has 1 N–H and O–H groups in total. The van der Waals surface area contributed by atoms with E-state index >= 15 is 0 Å². The number of carbonyl (C=O) groups excluding carboxylic acids is 2. The van der Waals surface area contributed by atoms with Crippen LogP contribution in [0.2, 0.25) is 5.15 Å². The van der Waals surface area contributed by atoms with Gasteiger partial charge < -0.3 is 10.2 Å². The van der Waals surface area contributed by atoms with Crippen LogP contribution in [-0.2, 0) is 4.79 Å². The van der Waals surface area contributed by atoms with Gasteiger partial charge in [0, 0.05) is 19.1 Å². The van der Waals surface area contributed by atoms with Crippen LogP contribution in [0, 0.1) is 12.8 Å². The highest BCUT2D eigenvalue weighted by Gasteiger charge is 2.32. The van der Waals surface area contributed by atoms with Gasteiger partial charge in [-0.1, -0.05) is 49.1 Å². The summed E-state index contributed by atoms with van der Waals surface area (Å²) in [4.78, 5) is 27.9. The average molecular weight is 429 g/mol. The van der Waals surface area contributed by atoms with Crippen molar-refractivity contribution in [1.82, 2.24) is 20.0 Å². The molecule has 4 rings (SSSR count). The molecule has 0 bridgehead atoms. The van der Waals surface area contributed by atoms with Crippen LogP contribution in [0.3, 0.4) is 0 Å². The van der Waals surface area contributed by atoms with E-state index in [2.05, 4.69) is 10.4 Å². The van der Waals surface area contributed by atoms with Crippen molar-refractivity contribution in [2.45, 2.75) is 57.9 Å². The molecule has 1 aliphatic carbocycles. The summed E-state index contributed by atoms with van der Waals surface area (Å²) >= 11 is 6.58. The molecule has 1 saturated heterocycles. The molecule has 1 atom stereocenters. The highest BCUT2D eigenvalue weighted by molar-refractivity contribution is 6.33. The number of aromatic nitrogens is 2. The van der Waals surface area contributed by atoms with Gasteiger partial charge in [0.15, 0.2) is 0 Å². The second-order valence-electron chi connectivity index (χ2n) is 8.43. The molecule has 2 aromatic rings. The summed E-state index contributed by atoms with van der Waals surface area (Å²) in [6, 6.07) is 9.83. The van der Waals surface area contributed by atoms with Crippen LogP contribution in [0.15, 0.2) is 30.3 Å². The van der Waals surface area contributed by atoms with Crippen molar-refractivity contribution >= 4 is 23.4 Å². The Kier molecular flexibility index (Phi) is 6.42. The summed E-state index contributed by atoms with van der Waals surface area (Å²) < 4.78 is 1.60. The highest BCUT2D eigenvalue weighted by Crippen LogP contribution is 2.27. The molecule has 1 unspecified atom stereocenters. The minimum atomic E-state index is -0.159. The Balaban J connectivity index is 1.47. The van der Waals surface area contributed by atoms with E-state index in [1.165, 1.54) is 19.3 Å². The number of para-hydroxylation sites is 1. The number of rotatable bonds is 4. The number of hydrogen-bond acceptors (Lipinski definition) is 3. The molecule has 6 nitrogen and oxygen atoms in total. The third-order valence-corrected chi connectivity index (χ3v) is 6.60. The second-order valence-corrected chi connectivity index (χ2v) is 8.79. The van der Waals surface area contributed by atoms with Crippen molar-refractivity contribution in [3.63, 3.8) is 0 Å². The number of piperidine rings is 1. The molecule has 1 aromatic carbocycles. The molecule has 2 amide bonds. The minimum absolute atomic E-state index is 0.0854. The molecule has 0 spiro atoms. The number of halogens is 1. The number of nitrogens with zero attached hydrogens (tertiary/aromatic N) is 3. The lowest BCUT2D eigenvalue weighted by atomic mass is 9.93. The third kappa shape index (κ3) is 4.38. The van der Waals surface area contributed by atoms with Crippen molar-refractivity contribution < 1.29 is 9.59 Å². The molecule has 0 radical (unpaired) electrons. The predicted octanol–water partition coefficient (Wildman–Crippen LogP) is 4.14. The first kappa shape index (κ1) is 20.9. The van der Waals surface area contributed by atoms with Crippen LogP contribution in [0.4, 0.5) is 0 Å². The zero-order valence-corrected chi connectivity index (χ0v) is 18.2. The Hall–Kier alpha value is -2.34. The van der Waals surface area contributed by atoms with Gasteiger partial charge in [-0.2, -0.15) is 5.10 Å². The van der Waals surface area contributed by atoms with Gasteiger partial charge in [0.2, 0.25) is 5.91 Å². The smallest absolute Gasteiger partial charge is 0.258 e. The fourth-order valence-corrected chi connectivity index (χ4v) is 4.94. The van der Waals surface area contributed by atoms with Gasteiger partial charge in [-0.15, -0.1) is 0 Å². The number of amides is 2. The van der Waals surface area contributed by atoms with Crippen LogP contribution in [0.25, 0.3) is 5.69 Å². The van der Waals surface area contributed by atoms with E-state index in [-0.39, 0.29) is 23.8 Å². The quantitative estimate of drug-likeness (QED) is 0.795. The molecule has 1 saturated carbocycles. The lowest BCUT2D eigenvalue weighted by Gasteiger charge is -2.33. The van der Waals surface area contributed by atoms with E-state index in [4.69, 9.17) is 11.6 Å². The van der Waals surface area contributed by atoms with Gasteiger partial charge in [0.25, 0.3) is 5.91 Å². The number of hydrogen-bond donors (Lipinski definition) is 1. The monoisotopic (exact) mass is 428 g/mol. The summed E-state index contributed by atoms with van der Waals surface area (Å²) in [5.74, 6) is -0.218. The molecular formula is C23H29ClN4O2. The summed E-state index contributed by atoms with van der Waals surface area (Å²) in [5, 5.41) is 8.02. The van der Waals surface area contributed by atoms with Crippen molar-refractivity contribution in [3.8, 4) is 5.69 Å². The lowest BCUT2D eigenvalue weighted by Crippen LogP contribution is -2.48. The Morgan fingerprint density at radius 2 is 1.80 bits per heavy atom. The van der Waals surface area contributed by atoms with Crippen molar-refractivity contribution in [1.29, 1.82) is 0 Å². The van der Waals surface area contributed by atoms with Crippen molar-refractivity contribution in [2.75, 3.05) is 13.1 Å². The average Bonchev–Trinajstić information content (AvgIpc) is 3.08. The van der Waals surface area contributed by atoms with E-state index in [9.17, 15) is 9.59 Å². The van der Waals surface area contributed by atoms with Crippen LogP contribution in [0.1, 0.15) is 61.0 Å². The maximum atomic E-state index is 13.3. The number of benzene rings is 1. The van der Waals surface area contributed by atoms with Crippen LogP contribution in [-0.4, -0.2) is 45.6 Å². The Bertz CT molecular complexity index is 905. The number of carbonyl (C=O) groups is 2. The number of likely N-dealkylation sites (tertiary alicyclic amines) is 1. The van der Waals surface area contributed by atoms with E-state index in [0.717, 1.165) is 31.4 Å². The summed E-state index contributed by atoms with van der Waals surface area (Å²) in [6.07, 6.45) is 7.39. The van der Waals surface area contributed by atoms with Crippen molar-refractivity contribution in [3.05, 3.63) is 46.7 Å². The molecule has 2 heterocycles. The normalized spacial score (nSPS) is 20.2. The standard InChI is InChI=1S/C23H29ClN4O2/c1-16-20(21(24)28(26-16)19-12-6-3-7-13-19)23(30)27-14-8-9-17(15-27)22(29)25-18-10-4-2-5-11-18/h3,6-7,12-13,17-18H,2,4-5,8-11,14-15H2,1H3,(H,25,29). The first-order chi connectivity index (χ1) is 14.5. The van der Waals surface area contributed by atoms with E-state index < -0.39 is 0 Å². The first-order valence-corrected chi connectivity index (χ1v) is 11.3. The minimum Gasteiger partial charge on any atom is -0.353 e. The molecular weight excluding hydrogens is 400 g/mol. The molecule has 1 aromatic heterocycles. The highest BCUT2D eigenvalue weighted by atomic mass is 35.5. The molecule has 2 aliphatic rings. The van der Waals surface area contributed by atoms with Gasteiger partial charge in [-0.25, -0.2) is 4.68 Å². The number of nitrogens with one attached hydrogen (secondary N) is 1. The first-order valence-electron chi connectivity index (χ1n) is 10.9. The summed E-state index contributed by atoms with van der Waals surface area (Å²) in [5.41, 5.74) is 1.84. The van der Waals surface area contributed by atoms with Gasteiger partial charge in [-0.3, -0.25) is 9.59 Å². The maximum Gasteiger partial charge on any atom is 0.258 e. The number of aryl methyl sites for hydroxylation is 1. The lowest BCUT2D eigenvalue weighted by molar-refractivity contribution is -0.127. The van der Waals surface area contributed by atoms with Crippen LogP contribution >= 0.6 is 11.6 Å². The SMILES string of the molecule is Cc1nn(-c2ccccc2)c(Cl)c1C(=O)N1CCCC(C(=O)NC2CCCCC2)C1. The Morgan fingerprint density at radius 3 is 2.53 bits per heavy atom. The third-order valence-electron chi connectivity index (χ3n) is 6.25. The van der Waals surface area contributed by atoms with Gasteiger partial charge in [-0.05, 0) is 44.7 Å². The van der Waals surface area contributed by atoms with Crippen LogP contribution < -0.4 is 5.32 Å². The second kappa shape index (κ2) is 9.21. The van der Waals surface area contributed by atoms with E-state index in [0.29, 0.717) is 29.5 Å². The fourth-order valence-electron chi connectivity index (χ4n) is 4.58. The zero-order chi connectivity index (χ0) is 21.1. The predicted molar refractivity (Wildman–Crippen MR) is 117 cm³/mol. The summed E-state index contributed by atoms with van der Waals surface area (Å²) in [6.45, 7) is 2.87. The largest absolute Gasteiger partial charge is 0.353 e. The van der Waals surface area contributed by atoms with E-state index in [1.54, 1.807) is 16.5 Å². The fraction of sp³-hybridized carbons (Fsp3) is 0.522. The van der Waals surface area contributed by atoms with E-state index in [1.807, 2.05) is 30.3 Å². The topological polar surface area (TPSA) is 67.2 Å². The summed E-state index contributed by atoms with van der Waals surface area (Å²) in [7, 11) is 0. The molecule has 160 valence electrons. The Labute approximate surface area is 182 Å². The van der Waals surface area contributed by atoms with Gasteiger partial charge >= 0.3 is 0 Å². The van der Waals surface area contributed by atoms with Crippen LogP contribution in [0.5, 0.6) is 0 Å². The maximum absolute atomic E-state index is 13.3. The van der Waals surface area contributed by atoms with Crippen molar-refractivity contribution in [2.24, 2.45) is 5.92 Å². The van der Waals surface area contributed by atoms with Gasteiger partial charge in [0.05, 0.1) is 22.9 Å². The molecule has 30 heavy (non-hydrogen) atoms.